The summed E-state index contributed by atoms with van der Waals surface area (Å²) in [6.45, 7) is 3.33. The zero-order valence-electron chi connectivity index (χ0n) is 10.4. The molecule has 0 aliphatic rings. The molecule has 0 aromatic heterocycles. The molecule has 108 valence electrons. The molecule has 3 N–H and O–H groups in total. The van der Waals surface area contributed by atoms with Gasteiger partial charge in [0.15, 0.2) is 0 Å². The first kappa shape index (κ1) is 15.7. The van der Waals surface area contributed by atoms with Crippen LogP contribution in [0.25, 0.3) is 0 Å². The van der Waals surface area contributed by atoms with Crippen molar-refractivity contribution in [3.63, 3.8) is 0 Å². The third kappa shape index (κ3) is 4.36. The molecule has 0 saturated carbocycles. The van der Waals surface area contributed by atoms with E-state index in [9.17, 15) is 22.7 Å². The van der Waals surface area contributed by atoms with Crippen LogP contribution in [0.15, 0.2) is 18.2 Å². The van der Waals surface area contributed by atoms with E-state index in [4.69, 9.17) is 5.73 Å². The van der Waals surface area contributed by atoms with Crippen LogP contribution in [0.1, 0.15) is 25.5 Å². The summed E-state index contributed by atoms with van der Waals surface area (Å²) in [6, 6.07) is 1.39. The zero-order valence-corrected chi connectivity index (χ0v) is 10.4. The maximum atomic E-state index is 13.5. The van der Waals surface area contributed by atoms with Gasteiger partial charge >= 0.3 is 6.36 Å². The normalized spacial score (nSPS) is 15.4. The molecule has 1 aromatic rings. The van der Waals surface area contributed by atoms with Crippen LogP contribution in [0.2, 0.25) is 0 Å². The Hall–Kier alpha value is -1.34. The molecule has 0 fully saturated rings. The lowest BCUT2D eigenvalue weighted by molar-refractivity contribution is -0.274. The Morgan fingerprint density at radius 1 is 1.26 bits per heavy atom. The highest BCUT2D eigenvalue weighted by atomic mass is 19.4. The molecular weight excluding hydrogens is 266 g/mol. The van der Waals surface area contributed by atoms with E-state index in [1.165, 1.54) is 0 Å². The van der Waals surface area contributed by atoms with E-state index >= 15 is 0 Å². The molecule has 1 aromatic carbocycles. The van der Waals surface area contributed by atoms with Crippen LogP contribution in [0.5, 0.6) is 5.75 Å². The van der Waals surface area contributed by atoms with Crippen molar-refractivity contribution in [1.29, 1.82) is 0 Å². The van der Waals surface area contributed by atoms with E-state index in [1.807, 2.05) is 0 Å². The summed E-state index contributed by atoms with van der Waals surface area (Å²) in [5.41, 5.74) is 5.43. The number of benzene rings is 1. The summed E-state index contributed by atoms with van der Waals surface area (Å²) in [4.78, 5) is 0. The average Bonchev–Trinajstić information content (AvgIpc) is 2.27. The quantitative estimate of drug-likeness (QED) is 0.834. The maximum absolute atomic E-state index is 13.5. The molecule has 19 heavy (non-hydrogen) atoms. The highest BCUT2D eigenvalue weighted by molar-refractivity contribution is 5.32. The smallest absolute Gasteiger partial charge is 0.406 e. The van der Waals surface area contributed by atoms with Gasteiger partial charge in [0.1, 0.15) is 11.6 Å². The molecule has 0 aliphatic carbocycles. The summed E-state index contributed by atoms with van der Waals surface area (Å²) >= 11 is 0. The molecule has 0 bridgehead atoms. The van der Waals surface area contributed by atoms with Gasteiger partial charge in [-0.05, 0) is 24.1 Å². The lowest BCUT2D eigenvalue weighted by Gasteiger charge is -2.23. The molecule has 0 heterocycles. The Bertz CT molecular complexity index is 434. The molecule has 0 amide bonds. The van der Waals surface area contributed by atoms with Crippen molar-refractivity contribution in [1.82, 2.24) is 0 Å². The van der Waals surface area contributed by atoms with Crippen LogP contribution < -0.4 is 10.5 Å². The summed E-state index contributed by atoms with van der Waals surface area (Å²) in [5, 5.41) is 9.74. The molecule has 0 saturated heterocycles. The van der Waals surface area contributed by atoms with Crippen LogP contribution in [0.4, 0.5) is 17.6 Å². The number of aliphatic hydroxyl groups excluding tert-OH is 1. The average molecular weight is 281 g/mol. The van der Waals surface area contributed by atoms with Crippen molar-refractivity contribution in [2.24, 2.45) is 11.7 Å². The third-order valence-corrected chi connectivity index (χ3v) is 2.61. The van der Waals surface area contributed by atoms with Crippen molar-refractivity contribution < 1.29 is 27.4 Å². The molecule has 7 heteroatoms. The standard InChI is InChI=1S/C12H15F4NO2/c1-6(2)11(18)10(17)8-5-7(3-4-9(8)13)19-12(14,15)16/h3-6,10-11,18H,17H2,1-2H3/t10-,11+/m1/s1. The number of alkyl halides is 3. The van der Waals surface area contributed by atoms with Gasteiger partial charge < -0.3 is 15.6 Å². The number of nitrogens with two attached hydrogens (primary N) is 1. The first-order valence-electron chi connectivity index (χ1n) is 5.60. The fraction of sp³-hybridized carbons (Fsp3) is 0.500. The van der Waals surface area contributed by atoms with Crippen molar-refractivity contribution in [2.75, 3.05) is 0 Å². The Kier molecular flexibility index (Phi) is 4.75. The van der Waals surface area contributed by atoms with Gasteiger partial charge in [-0.2, -0.15) is 0 Å². The molecular formula is C12H15F4NO2. The highest BCUT2D eigenvalue weighted by Crippen LogP contribution is 2.29. The fourth-order valence-corrected chi connectivity index (χ4v) is 1.57. The van der Waals surface area contributed by atoms with Crippen molar-refractivity contribution in [3.05, 3.63) is 29.6 Å². The predicted molar refractivity (Wildman–Crippen MR) is 60.9 cm³/mol. The Balaban J connectivity index is 3.03. The van der Waals surface area contributed by atoms with Gasteiger partial charge in [-0.15, -0.1) is 13.2 Å². The van der Waals surface area contributed by atoms with Gasteiger partial charge in [-0.1, -0.05) is 13.8 Å². The number of ether oxygens (including phenoxy) is 1. The van der Waals surface area contributed by atoms with E-state index in [0.717, 1.165) is 18.2 Å². The van der Waals surface area contributed by atoms with Gasteiger partial charge in [-0.3, -0.25) is 0 Å². The number of hydrogen-bond acceptors (Lipinski definition) is 3. The van der Waals surface area contributed by atoms with E-state index in [0.29, 0.717) is 0 Å². The van der Waals surface area contributed by atoms with E-state index in [1.54, 1.807) is 13.8 Å². The monoisotopic (exact) mass is 281 g/mol. The Labute approximate surface area is 108 Å². The molecule has 0 aliphatic heterocycles. The van der Waals surface area contributed by atoms with Gasteiger partial charge in [0.05, 0.1) is 12.1 Å². The molecule has 0 unspecified atom stereocenters. The van der Waals surface area contributed by atoms with Crippen LogP contribution in [0, 0.1) is 11.7 Å². The van der Waals surface area contributed by atoms with Crippen molar-refractivity contribution >= 4 is 0 Å². The lowest BCUT2D eigenvalue weighted by atomic mass is 9.94. The van der Waals surface area contributed by atoms with E-state index in [-0.39, 0.29) is 11.5 Å². The number of rotatable bonds is 4. The minimum atomic E-state index is -4.87. The number of halogens is 4. The van der Waals surface area contributed by atoms with E-state index in [2.05, 4.69) is 4.74 Å². The topological polar surface area (TPSA) is 55.5 Å². The summed E-state index contributed by atoms with van der Waals surface area (Å²) in [5.74, 6) is -1.63. The second-order valence-electron chi connectivity index (χ2n) is 4.49. The third-order valence-electron chi connectivity index (χ3n) is 2.61. The van der Waals surface area contributed by atoms with Gasteiger partial charge in [0.2, 0.25) is 0 Å². The van der Waals surface area contributed by atoms with Crippen LogP contribution in [-0.4, -0.2) is 17.6 Å². The molecule has 0 spiro atoms. The van der Waals surface area contributed by atoms with Gasteiger partial charge in [0, 0.05) is 5.56 Å². The fourth-order valence-electron chi connectivity index (χ4n) is 1.57. The Morgan fingerprint density at radius 2 is 1.84 bits per heavy atom. The lowest BCUT2D eigenvalue weighted by Crippen LogP contribution is -2.31. The number of hydrogen-bond donors (Lipinski definition) is 2. The second kappa shape index (κ2) is 5.75. The molecule has 1 rings (SSSR count). The molecule has 2 atom stereocenters. The summed E-state index contributed by atoms with van der Waals surface area (Å²) in [7, 11) is 0. The summed E-state index contributed by atoms with van der Waals surface area (Å²) < 4.78 is 53.4. The summed E-state index contributed by atoms with van der Waals surface area (Å²) in [6.07, 6.45) is -5.94. The minimum Gasteiger partial charge on any atom is -0.406 e. The second-order valence-corrected chi connectivity index (χ2v) is 4.49. The maximum Gasteiger partial charge on any atom is 0.573 e. The largest absolute Gasteiger partial charge is 0.573 e. The van der Waals surface area contributed by atoms with Crippen LogP contribution >= 0.6 is 0 Å². The number of aliphatic hydroxyl groups is 1. The Morgan fingerprint density at radius 3 is 2.32 bits per heavy atom. The van der Waals surface area contributed by atoms with E-state index < -0.39 is 30.1 Å². The SMILES string of the molecule is CC(C)[C@H](O)[C@H](N)c1cc(OC(F)(F)F)ccc1F. The zero-order chi connectivity index (χ0) is 14.8. The van der Waals surface area contributed by atoms with Gasteiger partial charge in [-0.25, -0.2) is 4.39 Å². The highest BCUT2D eigenvalue weighted by Gasteiger charge is 2.32. The van der Waals surface area contributed by atoms with Crippen LogP contribution in [0.3, 0.4) is 0 Å². The predicted octanol–water partition coefficient (Wildman–Crippen LogP) is 2.74. The van der Waals surface area contributed by atoms with Crippen molar-refractivity contribution in [2.45, 2.75) is 32.4 Å². The first-order valence-corrected chi connectivity index (χ1v) is 5.60. The molecule has 3 nitrogen and oxygen atoms in total. The minimum absolute atomic E-state index is 0.219. The first-order chi connectivity index (χ1) is 8.61. The van der Waals surface area contributed by atoms with Gasteiger partial charge in [0.25, 0.3) is 0 Å². The molecule has 0 radical (unpaired) electrons. The van der Waals surface area contributed by atoms with Crippen LogP contribution in [-0.2, 0) is 0 Å². The van der Waals surface area contributed by atoms with Crippen molar-refractivity contribution in [3.8, 4) is 5.75 Å².